The zero-order valence-electron chi connectivity index (χ0n) is 12.0. The molecule has 1 aliphatic carbocycles. The standard InChI is InChI=1S/C19H21Br/c1-2-6-15-9-11-16(12-10-15)18(20)19(13-14-19)17-7-4-3-5-8-17/h3-5,7-12,18H,2,6,13-14H2,1H3. The van der Waals surface area contributed by atoms with Gasteiger partial charge < -0.3 is 0 Å². The molecule has 3 rings (SSSR count). The summed E-state index contributed by atoms with van der Waals surface area (Å²) < 4.78 is 0. The van der Waals surface area contributed by atoms with Crippen molar-refractivity contribution in [1.29, 1.82) is 0 Å². The maximum atomic E-state index is 3.97. The molecule has 0 radical (unpaired) electrons. The van der Waals surface area contributed by atoms with Crippen LogP contribution < -0.4 is 0 Å². The second kappa shape index (κ2) is 5.73. The minimum atomic E-state index is 0.313. The summed E-state index contributed by atoms with van der Waals surface area (Å²) in [6, 6.07) is 20.1. The highest BCUT2D eigenvalue weighted by molar-refractivity contribution is 9.09. The van der Waals surface area contributed by atoms with Crippen molar-refractivity contribution in [2.45, 2.75) is 42.8 Å². The molecular formula is C19H21Br. The van der Waals surface area contributed by atoms with Gasteiger partial charge in [0, 0.05) is 10.2 Å². The van der Waals surface area contributed by atoms with Crippen molar-refractivity contribution in [3.8, 4) is 0 Å². The lowest BCUT2D eigenvalue weighted by Crippen LogP contribution is -2.13. The Morgan fingerprint density at radius 1 is 1.00 bits per heavy atom. The molecule has 1 heteroatoms. The first kappa shape index (κ1) is 13.9. The predicted octanol–water partition coefficient (Wildman–Crippen LogP) is 5.81. The number of hydrogen-bond donors (Lipinski definition) is 0. The molecular weight excluding hydrogens is 308 g/mol. The van der Waals surface area contributed by atoms with Crippen LogP contribution in [-0.4, -0.2) is 0 Å². The van der Waals surface area contributed by atoms with Crippen molar-refractivity contribution in [2.75, 3.05) is 0 Å². The van der Waals surface area contributed by atoms with Gasteiger partial charge in [-0.2, -0.15) is 0 Å². The number of benzene rings is 2. The third kappa shape index (κ3) is 2.56. The Morgan fingerprint density at radius 2 is 1.65 bits per heavy atom. The predicted molar refractivity (Wildman–Crippen MR) is 89.5 cm³/mol. The first-order chi connectivity index (χ1) is 9.76. The molecule has 1 unspecified atom stereocenters. The maximum absolute atomic E-state index is 3.97. The largest absolute Gasteiger partial charge is 0.0829 e. The molecule has 2 aromatic carbocycles. The quantitative estimate of drug-likeness (QED) is 0.608. The Labute approximate surface area is 130 Å². The molecule has 0 heterocycles. The average Bonchev–Trinajstić information content (AvgIpc) is 3.30. The lowest BCUT2D eigenvalue weighted by Gasteiger charge is -2.23. The number of alkyl halides is 1. The molecule has 1 atom stereocenters. The van der Waals surface area contributed by atoms with Gasteiger partial charge in [0.1, 0.15) is 0 Å². The summed E-state index contributed by atoms with van der Waals surface area (Å²) in [4.78, 5) is 0.424. The van der Waals surface area contributed by atoms with Crippen molar-refractivity contribution in [1.82, 2.24) is 0 Å². The molecule has 1 fully saturated rings. The van der Waals surface area contributed by atoms with Gasteiger partial charge in [-0.25, -0.2) is 0 Å². The SMILES string of the molecule is CCCc1ccc(C(Br)C2(c3ccccc3)CC2)cc1. The third-order valence-electron chi connectivity index (χ3n) is 4.43. The van der Waals surface area contributed by atoms with Gasteiger partial charge in [-0.3, -0.25) is 0 Å². The van der Waals surface area contributed by atoms with E-state index in [0.717, 1.165) is 0 Å². The lowest BCUT2D eigenvalue weighted by atomic mass is 9.88. The highest BCUT2D eigenvalue weighted by atomic mass is 79.9. The molecule has 20 heavy (non-hydrogen) atoms. The fourth-order valence-corrected chi connectivity index (χ4v) is 4.08. The molecule has 1 aliphatic rings. The normalized spacial score (nSPS) is 17.7. The number of hydrogen-bond acceptors (Lipinski definition) is 0. The van der Waals surface area contributed by atoms with Crippen molar-refractivity contribution in [2.24, 2.45) is 0 Å². The summed E-state index contributed by atoms with van der Waals surface area (Å²) in [6.07, 6.45) is 4.95. The molecule has 0 amide bonds. The van der Waals surface area contributed by atoms with Crippen molar-refractivity contribution >= 4 is 15.9 Å². The molecule has 0 aromatic heterocycles. The second-order valence-electron chi connectivity index (χ2n) is 5.88. The van der Waals surface area contributed by atoms with E-state index in [-0.39, 0.29) is 0 Å². The molecule has 104 valence electrons. The van der Waals surface area contributed by atoms with E-state index < -0.39 is 0 Å². The minimum Gasteiger partial charge on any atom is -0.0829 e. The third-order valence-corrected chi connectivity index (χ3v) is 5.84. The Kier molecular flexibility index (Phi) is 3.98. The minimum absolute atomic E-state index is 0.313. The van der Waals surface area contributed by atoms with Crippen LogP contribution in [0.4, 0.5) is 0 Å². The van der Waals surface area contributed by atoms with E-state index >= 15 is 0 Å². The molecule has 2 aromatic rings. The molecule has 0 aliphatic heterocycles. The van der Waals surface area contributed by atoms with Crippen LogP contribution in [0.3, 0.4) is 0 Å². The van der Waals surface area contributed by atoms with Gasteiger partial charge in [-0.1, -0.05) is 83.9 Å². The zero-order valence-corrected chi connectivity index (χ0v) is 13.6. The van der Waals surface area contributed by atoms with E-state index in [2.05, 4.69) is 77.5 Å². The van der Waals surface area contributed by atoms with Crippen molar-refractivity contribution in [3.63, 3.8) is 0 Å². The Morgan fingerprint density at radius 3 is 2.20 bits per heavy atom. The van der Waals surface area contributed by atoms with Gasteiger partial charge in [0.25, 0.3) is 0 Å². The van der Waals surface area contributed by atoms with Crippen LogP contribution in [0.25, 0.3) is 0 Å². The summed E-state index contributed by atoms with van der Waals surface area (Å²) in [5, 5.41) is 0. The topological polar surface area (TPSA) is 0 Å². The van der Waals surface area contributed by atoms with E-state index in [9.17, 15) is 0 Å². The molecule has 1 saturated carbocycles. The van der Waals surface area contributed by atoms with Gasteiger partial charge >= 0.3 is 0 Å². The summed E-state index contributed by atoms with van der Waals surface area (Å²) in [5.41, 5.74) is 4.64. The van der Waals surface area contributed by atoms with Gasteiger partial charge in [0.2, 0.25) is 0 Å². The molecule has 0 bridgehead atoms. The smallest absolute Gasteiger partial charge is 0.0491 e. The van der Waals surface area contributed by atoms with Crippen LogP contribution in [-0.2, 0) is 11.8 Å². The molecule has 0 N–H and O–H groups in total. The van der Waals surface area contributed by atoms with Crippen molar-refractivity contribution < 1.29 is 0 Å². The Bertz CT molecular complexity index is 552. The zero-order chi connectivity index (χ0) is 14.0. The van der Waals surface area contributed by atoms with Crippen LogP contribution in [0, 0.1) is 0 Å². The fraction of sp³-hybridized carbons (Fsp3) is 0.368. The van der Waals surface area contributed by atoms with Gasteiger partial charge in [0.15, 0.2) is 0 Å². The highest BCUT2D eigenvalue weighted by Crippen LogP contribution is 2.59. The number of rotatable bonds is 5. The Hall–Kier alpha value is -1.08. The maximum Gasteiger partial charge on any atom is 0.0491 e. The first-order valence-electron chi connectivity index (χ1n) is 7.55. The van der Waals surface area contributed by atoms with Crippen LogP contribution >= 0.6 is 15.9 Å². The van der Waals surface area contributed by atoms with Crippen LogP contribution in [0.15, 0.2) is 54.6 Å². The van der Waals surface area contributed by atoms with E-state index in [1.54, 1.807) is 0 Å². The second-order valence-corrected chi connectivity index (χ2v) is 6.79. The van der Waals surface area contributed by atoms with Crippen LogP contribution in [0.5, 0.6) is 0 Å². The highest BCUT2D eigenvalue weighted by Gasteiger charge is 2.50. The van der Waals surface area contributed by atoms with Crippen LogP contribution in [0.1, 0.15) is 47.7 Å². The van der Waals surface area contributed by atoms with Gasteiger partial charge in [-0.05, 0) is 36.0 Å². The summed E-state index contributed by atoms with van der Waals surface area (Å²) >= 11 is 3.97. The first-order valence-corrected chi connectivity index (χ1v) is 8.46. The lowest BCUT2D eigenvalue weighted by molar-refractivity contribution is 0.680. The van der Waals surface area contributed by atoms with Gasteiger partial charge in [-0.15, -0.1) is 0 Å². The fourth-order valence-electron chi connectivity index (χ4n) is 3.05. The van der Waals surface area contributed by atoms with E-state index in [1.807, 2.05) is 0 Å². The summed E-state index contributed by atoms with van der Waals surface area (Å²) in [6.45, 7) is 2.23. The molecule has 0 nitrogen and oxygen atoms in total. The van der Waals surface area contributed by atoms with Crippen molar-refractivity contribution in [3.05, 3.63) is 71.3 Å². The number of halogens is 1. The van der Waals surface area contributed by atoms with Gasteiger partial charge in [0.05, 0.1) is 0 Å². The van der Waals surface area contributed by atoms with E-state index in [0.29, 0.717) is 10.2 Å². The number of aryl methyl sites for hydroxylation is 1. The monoisotopic (exact) mass is 328 g/mol. The van der Waals surface area contributed by atoms with Crippen LogP contribution in [0.2, 0.25) is 0 Å². The summed E-state index contributed by atoms with van der Waals surface area (Å²) in [7, 11) is 0. The summed E-state index contributed by atoms with van der Waals surface area (Å²) in [5.74, 6) is 0. The van der Waals surface area contributed by atoms with E-state index in [1.165, 1.54) is 42.4 Å². The molecule has 0 spiro atoms. The molecule has 0 saturated heterocycles. The Balaban J connectivity index is 1.83. The van der Waals surface area contributed by atoms with E-state index in [4.69, 9.17) is 0 Å². The average molecular weight is 329 g/mol.